The third-order valence-electron chi connectivity index (χ3n) is 4.52. The van der Waals surface area contributed by atoms with Crippen molar-refractivity contribution in [1.29, 1.82) is 0 Å². The van der Waals surface area contributed by atoms with Crippen molar-refractivity contribution in [2.45, 2.75) is 33.1 Å². The quantitative estimate of drug-likeness (QED) is 0.462. The van der Waals surface area contributed by atoms with Gasteiger partial charge < -0.3 is 4.74 Å². The Morgan fingerprint density at radius 1 is 1.17 bits per heavy atom. The fraction of sp³-hybridized carbons (Fsp3) is 0.261. The monoisotopic (exact) mass is 424 g/mol. The number of para-hydroxylation sites is 1. The highest BCUT2D eigenvalue weighted by atomic mass is 35.5. The Hall–Kier alpha value is -3.12. The smallest absolute Gasteiger partial charge is 0.277 e. The summed E-state index contributed by atoms with van der Waals surface area (Å²) in [7, 11) is 0. The summed E-state index contributed by atoms with van der Waals surface area (Å²) in [6.45, 7) is 8.13. The molecule has 3 aromatic rings. The highest BCUT2D eigenvalue weighted by Crippen LogP contribution is 2.24. The minimum atomic E-state index is -0.365. The first-order chi connectivity index (χ1) is 14.3. The molecule has 0 aliphatic heterocycles. The van der Waals surface area contributed by atoms with Crippen LogP contribution < -0.4 is 10.2 Å². The first-order valence-electron chi connectivity index (χ1n) is 9.61. The fourth-order valence-corrected chi connectivity index (χ4v) is 3.12. The predicted octanol–water partition coefficient (Wildman–Crippen LogP) is 4.66. The van der Waals surface area contributed by atoms with E-state index in [1.165, 1.54) is 11.8 Å². The second-order valence-electron chi connectivity index (χ2n) is 7.89. The van der Waals surface area contributed by atoms with E-state index in [4.69, 9.17) is 16.3 Å². The largest absolute Gasteiger partial charge is 0.484 e. The van der Waals surface area contributed by atoms with Crippen molar-refractivity contribution in [2.75, 3.05) is 6.61 Å². The van der Waals surface area contributed by atoms with E-state index in [0.717, 1.165) is 5.69 Å². The molecule has 0 aliphatic rings. The summed E-state index contributed by atoms with van der Waals surface area (Å²) in [5, 5.41) is 8.84. The van der Waals surface area contributed by atoms with Crippen LogP contribution in [0.2, 0.25) is 5.15 Å². The highest BCUT2D eigenvalue weighted by Gasteiger charge is 2.14. The minimum Gasteiger partial charge on any atom is -0.484 e. The molecule has 0 bridgehead atoms. The average Bonchev–Trinajstić information content (AvgIpc) is 3.01. The molecule has 30 heavy (non-hydrogen) atoms. The van der Waals surface area contributed by atoms with Crippen LogP contribution in [0.1, 0.15) is 37.6 Å². The average molecular weight is 425 g/mol. The van der Waals surface area contributed by atoms with Gasteiger partial charge >= 0.3 is 0 Å². The van der Waals surface area contributed by atoms with Crippen LogP contribution in [-0.4, -0.2) is 28.5 Å². The summed E-state index contributed by atoms with van der Waals surface area (Å²) in [6.07, 6.45) is 1.49. The van der Waals surface area contributed by atoms with Gasteiger partial charge in [-0.3, -0.25) is 4.79 Å². The maximum absolute atomic E-state index is 12.0. The van der Waals surface area contributed by atoms with Gasteiger partial charge in [0.15, 0.2) is 6.61 Å². The third kappa shape index (κ3) is 5.27. The summed E-state index contributed by atoms with van der Waals surface area (Å²) in [6, 6.07) is 17.3. The van der Waals surface area contributed by atoms with E-state index in [1.54, 1.807) is 4.68 Å². The zero-order valence-corrected chi connectivity index (χ0v) is 18.3. The minimum absolute atomic E-state index is 0.0678. The summed E-state index contributed by atoms with van der Waals surface area (Å²) >= 11 is 6.44. The molecule has 3 rings (SSSR count). The number of aryl methyl sites for hydroxylation is 1. The second kappa shape index (κ2) is 9.13. The van der Waals surface area contributed by atoms with Crippen LogP contribution >= 0.6 is 11.6 Å². The number of nitrogens with one attached hydrogen (secondary N) is 1. The molecule has 0 spiro atoms. The lowest BCUT2D eigenvalue weighted by atomic mass is 9.87. The number of hydrazone groups is 1. The van der Waals surface area contributed by atoms with Crippen LogP contribution in [-0.2, 0) is 10.2 Å². The summed E-state index contributed by atoms with van der Waals surface area (Å²) < 4.78 is 7.15. The van der Waals surface area contributed by atoms with Gasteiger partial charge in [-0.2, -0.15) is 10.2 Å². The Balaban J connectivity index is 1.57. The Kier molecular flexibility index (Phi) is 6.57. The zero-order chi connectivity index (χ0) is 21.7. The van der Waals surface area contributed by atoms with Gasteiger partial charge in [0.25, 0.3) is 5.91 Å². The second-order valence-corrected chi connectivity index (χ2v) is 8.25. The van der Waals surface area contributed by atoms with Gasteiger partial charge in [-0.25, -0.2) is 10.1 Å². The number of nitrogens with zero attached hydrogens (tertiary/aromatic N) is 3. The molecular weight excluding hydrogens is 400 g/mol. The van der Waals surface area contributed by atoms with E-state index in [9.17, 15) is 4.79 Å². The summed E-state index contributed by atoms with van der Waals surface area (Å²) in [5.41, 5.74) is 5.91. The number of aromatic nitrogens is 2. The summed E-state index contributed by atoms with van der Waals surface area (Å²) in [5.74, 6) is 0.264. The van der Waals surface area contributed by atoms with Crippen LogP contribution in [0.3, 0.4) is 0 Å². The van der Waals surface area contributed by atoms with Crippen LogP contribution in [0.25, 0.3) is 5.69 Å². The third-order valence-corrected chi connectivity index (χ3v) is 4.89. The van der Waals surface area contributed by atoms with Gasteiger partial charge in [-0.1, -0.05) is 62.7 Å². The van der Waals surface area contributed by atoms with Crippen molar-refractivity contribution >= 4 is 23.7 Å². The molecule has 0 atom stereocenters. The van der Waals surface area contributed by atoms with Gasteiger partial charge in [0, 0.05) is 0 Å². The number of hydrogen-bond donors (Lipinski definition) is 1. The number of ether oxygens (including phenoxy) is 1. The first-order valence-corrected chi connectivity index (χ1v) is 9.99. The standard InChI is InChI=1S/C23H25ClN4O2/c1-16-20(22(24)28(27-16)18-8-6-5-7-9-18)14-25-26-21(29)15-30-19-12-10-17(11-13-19)23(2,3)4/h5-14H,15H2,1-4H3,(H,26,29). The topological polar surface area (TPSA) is 68.5 Å². The van der Waals surface area contributed by atoms with E-state index in [1.807, 2.05) is 61.5 Å². The Bertz CT molecular complexity index is 1040. The number of carbonyl (C=O) groups is 1. The van der Waals surface area contributed by atoms with E-state index in [2.05, 4.69) is 36.4 Å². The zero-order valence-electron chi connectivity index (χ0n) is 17.5. The Morgan fingerprint density at radius 3 is 2.47 bits per heavy atom. The molecule has 0 aliphatic carbocycles. The molecular formula is C23H25ClN4O2. The Morgan fingerprint density at radius 2 is 1.83 bits per heavy atom. The van der Waals surface area contributed by atoms with Crippen molar-refractivity contribution in [3.8, 4) is 11.4 Å². The van der Waals surface area contributed by atoms with E-state index < -0.39 is 0 Å². The van der Waals surface area contributed by atoms with Gasteiger partial charge in [-0.05, 0) is 42.2 Å². The van der Waals surface area contributed by atoms with Crippen molar-refractivity contribution in [2.24, 2.45) is 5.10 Å². The van der Waals surface area contributed by atoms with Gasteiger partial charge in [0.2, 0.25) is 0 Å². The lowest BCUT2D eigenvalue weighted by molar-refractivity contribution is -0.123. The van der Waals surface area contributed by atoms with Gasteiger partial charge in [0.05, 0.1) is 23.2 Å². The molecule has 0 saturated carbocycles. The normalized spacial score (nSPS) is 11.6. The molecule has 6 nitrogen and oxygen atoms in total. The van der Waals surface area contributed by atoms with E-state index >= 15 is 0 Å². The van der Waals surface area contributed by atoms with Gasteiger partial charge in [-0.15, -0.1) is 0 Å². The van der Waals surface area contributed by atoms with Crippen LogP contribution in [0.15, 0.2) is 59.7 Å². The number of carbonyl (C=O) groups excluding carboxylic acids is 1. The number of amides is 1. The van der Waals surface area contributed by atoms with Gasteiger partial charge in [0.1, 0.15) is 10.9 Å². The van der Waals surface area contributed by atoms with Crippen molar-refractivity contribution < 1.29 is 9.53 Å². The predicted molar refractivity (Wildman–Crippen MR) is 120 cm³/mol. The molecule has 0 saturated heterocycles. The lowest BCUT2D eigenvalue weighted by Crippen LogP contribution is -2.24. The molecule has 1 heterocycles. The molecule has 1 amide bonds. The van der Waals surface area contributed by atoms with Crippen molar-refractivity contribution in [3.63, 3.8) is 0 Å². The molecule has 0 unspecified atom stereocenters. The van der Waals surface area contributed by atoms with E-state index in [-0.39, 0.29) is 17.9 Å². The van der Waals surface area contributed by atoms with Crippen LogP contribution in [0.4, 0.5) is 0 Å². The number of halogens is 1. The molecule has 7 heteroatoms. The van der Waals surface area contributed by atoms with Crippen molar-refractivity contribution in [1.82, 2.24) is 15.2 Å². The van der Waals surface area contributed by atoms with E-state index in [0.29, 0.717) is 22.2 Å². The van der Waals surface area contributed by atoms with Crippen LogP contribution in [0, 0.1) is 6.92 Å². The summed E-state index contributed by atoms with van der Waals surface area (Å²) in [4.78, 5) is 12.0. The lowest BCUT2D eigenvalue weighted by Gasteiger charge is -2.19. The fourth-order valence-electron chi connectivity index (χ4n) is 2.80. The highest BCUT2D eigenvalue weighted by molar-refractivity contribution is 6.32. The molecule has 2 aromatic carbocycles. The number of rotatable bonds is 6. The van der Waals surface area contributed by atoms with Crippen molar-refractivity contribution in [3.05, 3.63) is 76.6 Å². The maximum atomic E-state index is 12.0. The molecule has 0 radical (unpaired) electrons. The number of benzene rings is 2. The van der Waals surface area contributed by atoms with Crippen LogP contribution in [0.5, 0.6) is 5.75 Å². The first kappa shape index (κ1) is 21.6. The maximum Gasteiger partial charge on any atom is 0.277 e. The molecule has 156 valence electrons. The molecule has 1 aromatic heterocycles. The molecule has 1 N–H and O–H groups in total. The number of hydrogen-bond acceptors (Lipinski definition) is 4. The SMILES string of the molecule is Cc1nn(-c2ccccc2)c(Cl)c1C=NNC(=O)COc1ccc(C(C)(C)C)cc1. The molecule has 0 fully saturated rings. The Labute approximate surface area is 181 Å².